The third-order valence-corrected chi connectivity index (χ3v) is 5.65. The van der Waals surface area contributed by atoms with Gasteiger partial charge in [-0.15, -0.1) is 0 Å². The fourth-order valence-corrected chi connectivity index (χ4v) is 4.32. The van der Waals surface area contributed by atoms with Crippen molar-refractivity contribution >= 4 is 21.5 Å². The van der Waals surface area contributed by atoms with Gasteiger partial charge in [-0.05, 0) is 11.7 Å². The molecule has 3 aliphatic heterocycles. The molecule has 3 rings (SSSR count). The molecule has 1 spiro atoms. The highest BCUT2D eigenvalue weighted by Gasteiger charge is 2.44. The molecule has 0 amide bonds. The maximum absolute atomic E-state index is 10.7. The molecule has 0 saturated carbocycles. The number of nitro groups is 1. The molecule has 0 aromatic rings. The number of ether oxygens (including phenoxy) is 2. The minimum atomic E-state index is -1.22. The number of rotatable bonds is 3. The molecule has 1 N–H and O–H groups in total. The first kappa shape index (κ1) is 14.3. The lowest BCUT2D eigenvalue weighted by molar-refractivity contribution is -0.486. The molecule has 1 unspecified atom stereocenters. The number of hydrogen-bond donors (Lipinski definition) is 1. The van der Waals surface area contributed by atoms with Crippen molar-refractivity contribution in [1.82, 2.24) is 10.2 Å². The van der Waals surface area contributed by atoms with Gasteiger partial charge in [-0.3, -0.25) is 4.99 Å². The molecular weight excluding hydrogens is 298 g/mol. The van der Waals surface area contributed by atoms with Crippen LogP contribution in [0.5, 0.6) is 0 Å². The molecule has 116 valence electrons. The summed E-state index contributed by atoms with van der Waals surface area (Å²) in [6, 6.07) is 0. The van der Waals surface area contributed by atoms with Crippen LogP contribution >= 0.6 is 10.0 Å². The predicted molar refractivity (Wildman–Crippen MR) is 79.8 cm³/mol. The highest BCUT2D eigenvalue weighted by molar-refractivity contribution is 8.45. The van der Waals surface area contributed by atoms with Crippen molar-refractivity contribution in [2.75, 3.05) is 38.4 Å². The van der Waals surface area contributed by atoms with Crippen LogP contribution in [0.15, 0.2) is 21.7 Å². The van der Waals surface area contributed by atoms with Gasteiger partial charge in [0.25, 0.3) is 5.96 Å². The van der Waals surface area contributed by atoms with E-state index in [1.807, 2.05) is 15.9 Å². The molecule has 9 nitrogen and oxygen atoms in total. The molecule has 2 saturated heterocycles. The Morgan fingerprint density at radius 3 is 3.00 bits per heavy atom. The van der Waals surface area contributed by atoms with Gasteiger partial charge in [-0.1, -0.05) is 0 Å². The Labute approximate surface area is 123 Å². The van der Waals surface area contributed by atoms with E-state index in [1.165, 1.54) is 0 Å². The Bertz CT molecular complexity index is 517. The first-order valence-corrected chi connectivity index (χ1v) is 8.80. The van der Waals surface area contributed by atoms with Crippen molar-refractivity contribution in [3.8, 4) is 0 Å². The number of nitrogens with one attached hydrogen (secondary N) is 1. The zero-order valence-electron chi connectivity index (χ0n) is 11.6. The van der Waals surface area contributed by atoms with Gasteiger partial charge in [0.2, 0.25) is 5.79 Å². The molecule has 2 fully saturated rings. The fraction of sp³-hybridized carbons (Fsp3) is 0.636. The van der Waals surface area contributed by atoms with E-state index < -0.39 is 20.8 Å². The number of guanidine groups is 1. The lowest BCUT2D eigenvalue weighted by Crippen LogP contribution is -2.62. The van der Waals surface area contributed by atoms with E-state index in [-0.39, 0.29) is 5.96 Å². The highest BCUT2D eigenvalue weighted by Crippen LogP contribution is 2.46. The molecule has 1 atom stereocenters. The minimum Gasteiger partial charge on any atom is -0.345 e. The lowest BCUT2D eigenvalue weighted by Gasteiger charge is -2.42. The summed E-state index contributed by atoms with van der Waals surface area (Å²) in [4.78, 5) is 16.6. The largest absolute Gasteiger partial charge is 0.345 e. The number of hydrogen-bond acceptors (Lipinski definition) is 5. The van der Waals surface area contributed by atoms with Crippen molar-refractivity contribution in [3.63, 3.8) is 0 Å². The van der Waals surface area contributed by atoms with Crippen LogP contribution in [0.2, 0.25) is 0 Å². The Hall–Kier alpha value is -1.65. The van der Waals surface area contributed by atoms with Gasteiger partial charge in [0.05, 0.1) is 32.2 Å². The van der Waals surface area contributed by atoms with Crippen LogP contribution in [0.3, 0.4) is 0 Å². The van der Waals surface area contributed by atoms with Crippen LogP contribution in [0, 0.1) is 10.1 Å². The predicted octanol–water partition coefficient (Wildman–Crippen LogP) is 0.0874. The van der Waals surface area contributed by atoms with Gasteiger partial charge in [-0.25, -0.2) is 10.1 Å². The SMILES string of the molecule is CS1(CN2CC3(CN/C2=N\[N+](=O)[O-])OCCO3)C=CN=C1. The maximum atomic E-state index is 10.7. The molecule has 0 radical (unpaired) electrons. The van der Waals surface area contributed by atoms with E-state index in [1.54, 1.807) is 6.20 Å². The number of aliphatic imine (C=N–C) groups is 1. The first-order chi connectivity index (χ1) is 10.0. The maximum Gasteiger partial charge on any atom is 0.272 e. The standard InChI is InChI=1S/C11H17N5O4S/c1-21(5-2-12-8-21)9-15-7-11(19-3-4-20-11)6-13-10(15)14-16(17)18/h2,5,8H,3-4,6-7,9H2,1H3,(H,13,14). The second kappa shape index (κ2) is 5.28. The van der Waals surface area contributed by atoms with E-state index >= 15 is 0 Å². The highest BCUT2D eigenvalue weighted by atomic mass is 32.3. The third-order valence-electron chi connectivity index (χ3n) is 3.43. The van der Waals surface area contributed by atoms with Crippen LogP contribution in [-0.2, 0) is 9.47 Å². The van der Waals surface area contributed by atoms with Gasteiger partial charge in [0, 0.05) is 11.7 Å². The van der Waals surface area contributed by atoms with Crippen LogP contribution in [0.25, 0.3) is 0 Å². The second-order valence-electron chi connectivity index (χ2n) is 5.22. The topological polar surface area (TPSA) is 102 Å². The van der Waals surface area contributed by atoms with Crippen molar-refractivity contribution in [2.45, 2.75) is 5.79 Å². The van der Waals surface area contributed by atoms with E-state index in [4.69, 9.17) is 9.47 Å². The van der Waals surface area contributed by atoms with Crippen molar-refractivity contribution < 1.29 is 14.5 Å². The van der Waals surface area contributed by atoms with Crippen molar-refractivity contribution in [3.05, 3.63) is 21.7 Å². The monoisotopic (exact) mass is 315 g/mol. The number of hydrazone groups is 1. The molecule has 3 aliphatic rings. The summed E-state index contributed by atoms with van der Waals surface area (Å²) in [5.74, 6) is 0.0820. The van der Waals surface area contributed by atoms with Crippen LogP contribution in [0.1, 0.15) is 0 Å². The van der Waals surface area contributed by atoms with Crippen LogP contribution in [-0.4, -0.2) is 65.7 Å². The first-order valence-electron chi connectivity index (χ1n) is 6.46. The quantitative estimate of drug-likeness (QED) is 0.585. The van der Waals surface area contributed by atoms with E-state index in [0.717, 1.165) is 0 Å². The lowest BCUT2D eigenvalue weighted by atomic mass is 10.2. The molecule has 21 heavy (non-hydrogen) atoms. The average Bonchev–Trinajstić information content (AvgIpc) is 3.03. The zero-order valence-corrected chi connectivity index (χ0v) is 12.4. The minimum absolute atomic E-state index is 0.243. The Morgan fingerprint density at radius 1 is 1.62 bits per heavy atom. The van der Waals surface area contributed by atoms with E-state index in [2.05, 4.69) is 21.7 Å². The van der Waals surface area contributed by atoms with Gasteiger partial charge in [0.15, 0.2) is 5.03 Å². The average molecular weight is 315 g/mol. The Balaban J connectivity index is 1.81. The number of nitrogens with zero attached hydrogens (tertiary/aromatic N) is 4. The Kier molecular flexibility index (Phi) is 3.59. The molecular formula is C11H17N5O4S. The van der Waals surface area contributed by atoms with Gasteiger partial charge in [-0.2, -0.15) is 10.0 Å². The van der Waals surface area contributed by atoms with Crippen LogP contribution in [0.4, 0.5) is 0 Å². The third kappa shape index (κ3) is 3.01. The summed E-state index contributed by atoms with van der Waals surface area (Å²) < 4.78 is 11.3. The van der Waals surface area contributed by atoms with Gasteiger partial charge in [0.1, 0.15) is 5.10 Å². The summed E-state index contributed by atoms with van der Waals surface area (Å²) in [5, 5.41) is 18.4. The smallest absolute Gasteiger partial charge is 0.272 e. The summed E-state index contributed by atoms with van der Waals surface area (Å²) in [7, 11) is -1.22. The zero-order chi connectivity index (χ0) is 14.9. The fourth-order valence-electron chi connectivity index (χ4n) is 2.52. The summed E-state index contributed by atoms with van der Waals surface area (Å²) in [5.41, 5.74) is 1.90. The molecule has 0 aliphatic carbocycles. The van der Waals surface area contributed by atoms with E-state index in [9.17, 15) is 10.1 Å². The summed E-state index contributed by atoms with van der Waals surface area (Å²) in [6.07, 6.45) is 3.84. The Morgan fingerprint density at radius 2 is 2.38 bits per heavy atom. The molecule has 3 heterocycles. The van der Waals surface area contributed by atoms with E-state index in [0.29, 0.717) is 32.2 Å². The summed E-state index contributed by atoms with van der Waals surface area (Å²) >= 11 is 0. The normalized spacial score (nSPS) is 35.1. The molecule has 10 heteroatoms. The van der Waals surface area contributed by atoms with Crippen molar-refractivity contribution in [2.24, 2.45) is 10.1 Å². The molecule has 0 aromatic carbocycles. The molecule has 0 aromatic heterocycles. The second-order valence-corrected chi connectivity index (χ2v) is 8.42. The van der Waals surface area contributed by atoms with Gasteiger partial charge >= 0.3 is 0 Å². The molecule has 0 bridgehead atoms. The van der Waals surface area contributed by atoms with Gasteiger partial charge < -0.3 is 19.7 Å². The van der Waals surface area contributed by atoms with Crippen LogP contribution < -0.4 is 5.32 Å². The van der Waals surface area contributed by atoms with Crippen molar-refractivity contribution in [1.29, 1.82) is 0 Å². The summed E-state index contributed by atoms with van der Waals surface area (Å²) in [6.45, 7) is 1.83.